The van der Waals surface area contributed by atoms with Crippen LogP contribution in [-0.4, -0.2) is 23.6 Å². The SMILES string of the molecule is CC(N(C)C)n1ccc2ccccc21. The highest BCUT2D eigenvalue weighted by Crippen LogP contribution is 2.20. The van der Waals surface area contributed by atoms with E-state index in [-0.39, 0.29) is 0 Å². The molecule has 2 heteroatoms. The minimum atomic E-state index is 0.398. The molecule has 0 fully saturated rings. The first-order valence-corrected chi connectivity index (χ1v) is 4.92. The summed E-state index contributed by atoms with van der Waals surface area (Å²) in [6.45, 7) is 2.20. The highest BCUT2D eigenvalue weighted by molar-refractivity contribution is 5.80. The Morgan fingerprint density at radius 2 is 1.86 bits per heavy atom. The van der Waals surface area contributed by atoms with Crippen LogP contribution in [0.15, 0.2) is 36.5 Å². The third-order valence-corrected chi connectivity index (χ3v) is 2.78. The van der Waals surface area contributed by atoms with Crippen molar-refractivity contribution in [1.29, 1.82) is 0 Å². The molecule has 0 N–H and O–H groups in total. The van der Waals surface area contributed by atoms with Gasteiger partial charge in [-0.3, -0.25) is 4.90 Å². The molecule has 2 aromatic rings. The van der Waals surface area contributed by atoms with Crippen molar-refractivity contribution in [2.45, 2.75) is 13.1 Å². The molecule has 0 aliphatic rings. The zero-order chi connectivity index (χ0) is 10.1. The molecule has 1 unspecified atom stereocenters. The van der Waals surface area contributed by atoms with Gasteiger partial charge >= 0.3 is 0 Å². The summed E-state index contributed by atoms with van der Waals surface area (Å²) in [5, 5.41) is 1.31. The normalized spacial score (nSPS) is 13.7. The molecule has 2 nitrogen and oxygen atoms in total. The molecule has 1 atom stereocenters. The highest BCUT2D eigenvalue weighted by atomic mass is 15.2. The minimum absolute atomic E-state index is 0.398. The second kappa shape index (κ2) is 3.46. The van der Waals surface area contributed by atoms with E-state index in [0.717, 1.165) is 0 Å². The molecule has 0 saturated heterocycles. The predicted molar refractivity (Wildman–Crippen MR) is 60.3 cm³/mol. The number of para-hydroxylation sites is 1. The minimum Gasteiger partial charge on any atom is -0.332 e. The molecule has 0 aliphatic heterocycles. The van der Waals surface area contributed by atoms with Gasteiger partial charge in [0.15, 0.2) is 0 Å². The van der Waals surface area contributed by atoms with Gasteiger partial charge in [-0.1, -0.05) is 18.2 Å². The average molecular weight is 188 g/mol. The number of rotatable bonds is 2. The lowest BCUT2D eigenvalue weighted by Crippen LogP contribution is -2.21. The van der Waals surface area contributed by atoms with Gasteiger partial charge in [0.25, 0.3) is 0 Å². The van der Waals surface area contributed by atoms with E-state index >= 15 is 0 Å². The summed E-state index contributed by atoms with van der Waals surface area (Å²) in [4.78, 5) is 2.20. The first-order valence-electron chi connectivity index (χ1n) is 4.92. The van der Waals surface area contributed by atoms with Crippen molar-refractivity contribution >= 4 is 10.9 Å². The molecule has 0 radical (unpaired) electrons. The van der Waals surface area contributed by atoms with Crippen LogP contribution in [0.5, 0.6) is 0 Å². The zero-order valence-electron chi connectivity index (χ0n) is 8.94. The van der Waals surface area contributed by atoms with Crippen LogP contribution >= 0.6 is 0 Å². The van der Waals surface area contributed by atoms with Crippen LogP contribution in [0.1, 0.15) is 13.1 Å². The van der Waals surface area contributed by atoms with Gasteiger partial charge in [-0.2, -0.15) is 0 Å². The van der Waals surface area contributed by atoms with E-state index in [1.165, 1.54) is 10.9 Å². The molecule has 1 heterocycles. The third kappa shape index (κ3) is 1.42. The summed E-state index contributed by atoms with van der Waals surface area (Å²) in [6.07, 6.45) is 2.55. The van der Waals surface area contributed by atoms with Crippen molar-refractivity contribution < 1.29 is 0 Å². The molecule has 1 aromatic heterocycles. The fraction of sp³-hybridized carbons (Fsp3) is 0.333. The lowest BCUT2D eigenvalue weighted by atomic mass is 10.2. The maximum atomic E-state index is 2.29. The quantitative estimate of drug-likeness (QED) is 0.703. The number of fused-ring (bicyclic) bond motifs is 1. The zero-order valence-corrected chi connectivity index (χ0v) is 8.94. The standard InChI is InChI=1S/C12H16N2/c1-10(13(2)3)14-9-8-11-6-4-5-7-12(11)14/h4-10H,1-3H3. The molecule has 0 aliphatic carbocycles. The fourth-order valence-electron chi connectivity index (χ4n) is 1.68. The summed E-state index contributed by atoms with van der Waals surface area (Å²) in [6, 6.07) is 10.6. The van der Waals surface area contributed by atoms with Crippen LogP contribution in [0, 0.1) is 0 Å². The van der Waals surface area contributed by atoms with Gasteiger partial charge in [-0.05, 0) is 38.5 Å². The first kappa shape index (κ1) is 9.28. The van der Waals surface area contributed by atoms with Gasteiger partial charge in [0, 0.05) is 11.7 Å². The summed E-state index contributed by atoms with van der Waals surface area (Å²) >= 11 is 0. The van der Waals surface area contributed by atoms with Crippen molar-refractivity contribution in [1.82, 2.24) is 9.47 Å². The number of hydrogen-bond acceptors (Lipinski definition) is 1. The van der Waals surface area contributed by atoms with Gasteiger partial charge in [0.05, 0.1) is 6.17 Å². The summed E-state index contributed by atoms with van der Waals surface area (Å²) < 4.78 is 2.29. The summed E-state index contributed by atoms with van der Waals surface area (Å²) in [7, 11) is 4.19. The van der Waals surface area contributed by atoms with Gasteiger partial charge in [-0.25, -0.2) is 0 Å². The fourth-order valence-corrected chi connectivity index (χ4v) is 1.68. The largest absolute Gasteiger partial charge is 0.332 e. The van der Waals surface area contributed by atoms with E-state index < -0.39 is 0 Å². The van der Waals surface area contributed by atoms with Crippen LogP contribution in [0.25, 0.3) is 10.9 Å². The van der Waals surface area contributed by atoms with Crippen molar-refractivity contribution in [3.63, 3.8) is 0 Å². The number of benzene rings is 1. The van der Waals surface area contributed by atoms with Crippen LogP contribution in [-0.2, 0) is 0 Å². The molecule has 0 bridgehead atoms. The molecule has 74 valence electrons. The number of aromatic nitrogens is 1. The van der Waals surface area contributed by atoms with Gasteiger partial charge < -0.3 is 4.57 Å². The van der Waals surface area contributed by atoms with Gasteiger partial charge in [0.1, 0.15) is 0 Å². The average Bonchev–Trinajstić information content (AvgIpc) is 2.60. The highest BCUT2D eigenvalue weighted by Gasteiger charge is 2.08. The molecule has 14 heavy (non-hydrogen) atoms. The van der Waals surface area contributed by atoms with Crippen LogP contribution < -0.4 is 0 Å². The smallest absolute Gasteiger partial charge is 0.0830 e. The number of nitrogens with zero attached hydrogens (tertiary/aromatic N) is 2. The van der Waals surface area contributed by atoms with Crippen LogP contribution in [0.3, 0.4) is 0 Å². The Labute approximate surface area is 84.8 Å². The van der Waals surface area contributed by atoms with Crippen molar-refractivity contribution in [2.75, 3.05) is 14.1 Å². The Morgan fingerprint density at radius 3 is 2.57 bits per heavy atom. The monoisotopic (exact) mass is 188 g/mol. The lowest BCUT2D eigenvalue weighted by molar-refractivity contribution is 0.244. The van der Waals surface area contributed by atoms with Crippen LogP contribution in [0.4, 0.5) is 0 Å². The predicted octanol–water partition coefficient (Wildman–Crippen LogP) is 2.72. The third-order valence-electron chi connectivity index (χ3n) is 2.78. The molecular weight excluding hydrogens is 172 g/mol. The Balaban J connectivity index is 2.53. The van der Waals surface area contributed by atoms with E-state index in [0.29, 0.717) is 6.17 Å². The van der Waals surface area contributed by atoms with E-state index in [1.807, 2.05) is 0 Å². The molecule has 0 saturated carbocycles. The van der Waals surface area contributed by atoms with Crippen LogP contribution in [0.2, 0.25) is 0 Å². The van der Waals surface area contributed by atoms with E-state index in [2.05, 4.69) is 67.0 Å². The summed E-state index contributed by atoms with van der Waals surface area (Å²) in [5.74, 6) is 0. The maximum absolute atomic E-state index is 2.29. The first-order chi connectivity index (χ1) is 6.70. The number of hydrogen-bond donors (Lipinski definition) is 0. The van der Waals surface area contributed by atoms with Crippen molar-refractivity contribution in [3.8, 4) is 0 Å². The molecule has 1 aromatic carbocycles. The van der Waals surface area contributed by atoms with Gasteiger partial charge in [-0.15, -0.1) is 0 Å². The van der Waals surface area contributed by atoms with Gasteiger partial charge in [0.2, 0.25) is 0 Å². The van der Waals surface area contributed by atoms with Crippen molar-refractivity contribution in [3.05, 3.63) is 36.5 Å². The Morgan fingerprint density at radius 1 is 1.14 bits per heavy atom. The molecular formula is C12H16N2. The van der Waals surface area contributed by atoms with E-state index in [1.54, 1.807) is 0 Å². The van der Waals surface area contributed by atoms with E-state index in [9.17, 15) is 0 Å². The molecule has 0 amide bonds. The Hall–Kier alpha value is -1.28. The molecule has 2 rings (SSSR count). The summed E-state index contributed by atoms with van der Waals surface area (Å²) in [5.41, 5.74) is 1.30. The Bertz CT molecular complexity index is 429. The van der Waals surface area contributed by atoms with Crippen molar-refractivity contribution in [2.24, 2.45) is 0 Å². The topological polar surface area (TPSA) is 8.17 Å². The Kier molecular flexibility index (Phi) is 2.30. The second-order valence-electron chi connectivity index (χ2n) is 3.88. The second-order valence-corrected chi connectivity index (χ2v) is 3.88. The maximum Gasteiger partial charge on any atom is 0.0830 e. The molecule has 0 spiro atoms. The lowest BCUT2D eigenvalue weighted by Gasteiger charge is -2.22. The van der Waals surface area contributed by atoms with E-state index in [4.69, 9.17) is 0 Å².